The van der Waals surface area contributed by atoms with E-state index in [9.17, 15) is 0 Å². The predicted octanol–water partition coefficient (Wildman–Crippen LogP) is 3.89. The molecular weight excluding hydrogens is 158 g/mol. The number of hydrogen-bond acceptors (Lipinski definition) is 1. The van der Waals surface area contributed by atoms with Crippen molar-refractivity contribution in [2.75, 3.05) is 0 Å². The molecule has 0 unspecified atom stereocenters. The molecule has 0 atom stereocenters. The molecule has 0 spiro atoms. The summed E-state index contributed by atoms with van der Waals surface area (Å²) in [4.78, 5) is 4.35. The first-order valence-electron chi connectivity index (χ1n) is 4.81. The van der Waals surface area contributed by atoms with Crippen LogP contribution in [0.3, 0.4) is 0 Å². The molecule has 0 aliphatic rings. The Morgan fingerprint density at radius 3 is 2.38 bits per heavy atom. The molecule has 0 bridgehead atoms. The summed E-state index contributed by atoms with van der Waals surface area (Å²) in [6.07, 6.45) is 9.90. The van der Waals surface area contributed by atoms with Crippen molar-refractivity contribution in [1.29, 1.82) is 0 Å². The van der Waals surface area contributed by atoms with Crippen molar-refractivity contribution in [3.05, 3.63) is 36.1 Å². The summed E-state index contributed by atoms with van der Waals surface area (Å²) in [5, 5.41) is 0. The lowest BCUT2D eigenvalue weighted by Crippen LogP contribution is -1.83. The van der Waals surface area contributed by atoms with Crippen molar-refractivity contribution in [3.63, 3.8) is 0 Å². The standard InChI is InChI=1S/C12H19N/c1-5-9-11(7-3)12(8-4)13-10-6-2/h7-10H,3,5-6H2,1-2,4H3/b11-9-,12-8+,13-10?. The van der Waals surface area contributed by atoms with Crippen LogP contribution in [0.15, 0.2) is 41.1 Å². The Kier molecular flexibility index (Phi) is 6.89. The van der Waals surface area contributed by atoms with Crippen molar-refractivity contribution in [2.45, 2.75) is 33.6 Å². The molecule has 0 radical (unpaired) electrons. The third-order valence-corrected chi connectivity index (χ3v) is 1.63. The highest BCUT2D eigenvalue weighted by molar-refractivity contribution is 5.60. The van der Waals surface area contributed by atoms with Crippen LogP contribution >= 0.6 is 0 Å². The molecule has 0 saturated carbocycles. The summed E-state index contributed by atoms with van der Waals surface area (Å²) < 4.78 is 0. The Morgan fingerprint density at radius 2 is 2.00 bits per heavy atom. The lowest BCUT2D eigenvalue weighted by Gasteiger charge is -2.01. The van der Waals surface area contributed by atoms with Crippen LogP contribution in [0.25, 0.3) is 0 Å². The number of aliphatic imine (C=N–C) groups is 1. The van der Waals surface area contributed by atoms with Crippen LogP contribution in [0.5, 0.6) is 0 Å². The summed E-state index contributed by atoms with van der Waals surface area (Å²) in [7, 11) is 0. The fourth-order valence-electron chi connectivity index (χ4n) is 1.02. The lowest BCUT2D eigenvalue weighted by atomic mass is 10.1. The molecule has 0 aliphatic heterocycles. The molecule has 0 aliphatic carbocycles. The van der Waals surface area contributed by atoms with Crippen LogP contribution in [0.1, 0.15) is 33.6 Å². The van der Waals surface area contributed by atoms with Gasteiger partial charge in [-0.25, -0.2) is 0 Å². The van der Waals surface area contributed by atoms with E-state index < -0.39 is 0 Å². The summed E-state index contributed by atoms with van der Waals surface area (Å²) >= 11 is 0. The van der Waals surface area contributed by atoms with Crippen LogP contribution in [0.2, 0.25) is 0 Å². The SMILES string of the molecule is C=CC(=C/CC)/C(=C\C)N=CCC. The molecule has 0 fully saturated rings. The van der Waals surface area contributed by atoms with E-state index in [2.05, 4.69) is 31.5 Å². The quantitative estimate of drug-likeness (QED) is 0.446. The summed E-state index contributed by atoms with van der Waals surface area (Å²) in [5.41, 5.74) is 2.13. The van der Waals surface area contributed by atoms with Gasteiger partial charge in [0.1, 0.15) is 0 Å². The second-order valence-electron chi connectivity index (χ2n) is 2.67. The fourth-order valence-corrected chi connectivity index (χ4v) is 1.02. The Balaban J connectivity index is 4.65. The highest BCUT2D eigenvalue weighted by Crippen LogP contribution is 2.12. The van der Waals surface area contributed by atoms with E-state index in [1.165, 1.54) is 0 Å². The Labute approximate surface area is 81.6 Å². The highest BCUT2D eigenvalue weighted by atomic mass is 14.7. The third kappa shape index (κ3) is 4.46. The van der Waals surface area contributed by atoms with E-state index in [1.807, 2.05) is 25.3 Å². The average Bonchev–Trinajstić information content (AvgIpc) is 2.17. The van der Waals surface area contributed by atoms with Gasteiger partial charge in [-0.2, -0.15) is 0 Å². The Morgan fingerprint density at radius 1 is 1.31 bits per heavy atom. The molecule has 13 heavy (non-hydrogen) atoms. The first-order valence-corrected chi connectivity index (χ1v) is 4.81. The smallest absolute Gasteiger partial charge is 0.0651 e. The minimum absolute atomic E-state index is 0.966. The first kappa shape index (κ1) is 11.9. The van der Waals surface area contributed by atoms with E-state index in [0.717, 1.165) is 24.1 Å². The summed E-state index contributed by atoms with van der Waals surface area (Å²) in [6.45, 7) is 9.96. The minimum Gasteiger partial charge on any atom is -0.261 e. The average molecular weight is 177 g/mol. The lowest BCUT2D eigenvalue weighted by molar-refractivity contribution is 1.18. The van der Waals surface area contributed by atoms with Gasteiger partial charge in [0.15, 0.2) is 0 Å². The van der Waals surface area contributed by atoms with Gasteiger partial charge in [-0.1, -0.05) is 38.7 Å². The molecule has 1 nitrogen and oxygen atoms in total. The molecule has 0 aromatic rings. The van der Waals surface area contributed by atoms with Crippen molar-refractivity contribution in [1.82, 2.24) is 0 Å². The van der Waals surface area contributed by atoms with Crippen LogP contribution in [0.4, 0.5) is 0 Å². The van der Waals surface area contributed by atoms with Crippen LogP contribution in [-0.2, 0) is 0 Å². The molecular formula is C12H19N. The van der Waals surface area contributed by atoms with Gasteiger partial charge in [0, 0.05) is 6.21 Å². The van der Waals surface area contributed by atoms with Gasteiger partial charge in [0.2, 0.25) is 0 Å². The third-order valence-electron chi connectivity index (χ3n) is 1.63. The van der Waals surface area contributed by atoms with Crippen LogP contribution in [-0.4, -0.2) is 6.21 Å². The maximum absolute atomic E-state index is 4.35. The number of nitrogens with zero attached hydrogens (tertiary/aromatic N) is 1. The predicted molar refractivity (Wildman–Crippen MR) is 61.1 cm³/mol. The molecule has 72 valence electrons. The number of rotatable bonds is 5. The number of hydrogen-bond donors (Lipinski definition) is 0. The molecule has 0 amide bonds. The molecule has 1 heteroatoms. The second kappa shape index (κ2) is 7.53. The topological polar surface area (TPSA) is 12.4 Å². The van der Waals surface area contributed by atoms with E-state index in [-0.39, 0.29) is 0 Å². The Hall–Kier alpha value is -1.11. The maximum Gasteiger partial charge on any atom is 0.0651 e. The van der Waals surface area contributed by atoms with Gasteiger partial charge in [0.25, 0.3) is 0 Å². The van der Waals surface area contributed by atoms with Gasteiger partial charge in [-0.05, 0) is 25.3 Å². The van der Waals surface area contributed by atoms with Gasteiger partial charge >= 0.3 is 0 Å². The summed E-state index contributed by atoms with van der Waals surface area (Å²) in [5.74, 6) is 0. The van der Waals surface area contributed by atoms with Crippen molar-refractivity contribution in [2.24, 2.45) is 4.99 Å². The van der Waals surface area contributed by atoms with E-state index in [4.69, 9.17) is 0 Å². The molecule has 0 saturated heterocycles. The van der Waals surface area contributed by atoms with Gasteiger partial charge in [0.05, 0.1) is 5.70 Å². The van der Waals surface area contributed by atoms with Crippen molar-refractivity contribution in [3.8, 4) is 0 Å². The largest absolute Gasteiger partial charge is 0.261 e. The second-order valence-corrected chi connectivity index (χ2v) is 2.67. The maximum atomic E-state index is 4.35. The zero-order valence-corrected chi connectivity index (χ0v) is 8.88. The monoisotopic (exact) mass is 177 g/mol. The zero-order chi connectivity index (χ0) is 10.1. The fraction of sp³-hybridized carbons (Fsp3) is 0.417. The Bertz CT molecular complexity index is 232. The molecule has 0 rings (SSSR count). The molecule has 0 heterocycles. The van der Waals surface area contributed by atoms with E-state index in [1.54, 1.807) is 0 Å². The molecule has 0 N–H and O–H groups in total. The van der Waals surface area contributed by atoms with Crippen LogP contribution in [0, 0.1) is 0 Å². The highest BCUT2D eigenvalue weighted by Gasteiger charge is 1.95. The van der Waals surface area contributed by atoms with Gasteiger partial charge in [-0.3, -0.25) is 4.99 Å². The van der Waals surface area contributed by atoms with Gasteiger partial charge in [-0.15, -0.1) is 0 Å². The zero-order valence-electron chi connectivity index (χ0n) is 8.88. The summed E-state index contributed by atoms with van der Waals surface area (Å²) in [6, 6.07) is 0. The molecule has 0 aromatic carbocycles. The minimum atomic E-state index is 0.966. The van der Waals surface area contributed by atoms with Gasteiger partial charge < -0.3 is 0 Å². The van der Waals surface area contributed by atoms with E-state index in [0.29, 0.717) is 0 Å². The van der Waals surface area contributed by atoms with Crippen molar-refractivity contribution < 1.29 is 0 Å². The molecule has 0 aromatic heterocycles. The van der Waals surface area contributed by atoms with E-state index >= 15 is 0 Å². The first-order chi connectivity index (χ1) is 6.29. The van der Waals surface area contributed by atoms with Crippen LogP contribution < -0.4 is 0 Å². The van der Waals surface area contributed by atoms with Crippen molar-refractivity contribution >= 4 is 6.21 Å². The normalized spacial score (nSPS) is 13.8. The number of allylic oxidation sites excluding steroid dienone is 3.